The maximum absolute atomic E-state index is 12.4. The van der Waals surface area contributed by atoms with Crippen molar-refractivity contribution >= 4 is 22.7 Å². The van der Waals surface area contributed by atoms with Gasteiger partial charge in [-0.2, -0.15) is 0 Å². The number of hydrogen-bond donors (Lipinski definition) is 1. The molecule has 2 rings (SSSR count). The molecule has 21 heavy (non-hydrogen) atoms. The third-order valence-electron chi connectivity index (χ3n) is 3.43. The summed E-state index contributed by atoms with van der Waals surface area (Å²) in [4.78, 5) is 24.2. The molecule has 1 aromatic heterocycles. The summed E-state index contributed by atoms with van der Waals surface area (Å²) >= 11 is 0. The minimum atomic E-state index is -0.852. The quantitative estimate of drug-likeness (QED) is 0.534. The van der Waals surface area contributed by atoms with Gasteiger partial charge in [-0.05, 0) is 45.4 Å². The number of aromatic hydroxyl groups is 1. The maximum Gasteiger partial charge on any atom is 0.381 e. The van der Waals surface area contributed by atoms with Crippen molar-refractivity contribution in [2.45, 2.75) is 33.7 Å². The van der Waals surface area contributed by atoms with E-state index in [9.17, 15) is 14.7 Å². The second kappa shape index (κ2) is 5.60. The zero-order valence-electron chi connectivity index (χ0n) is 12.6. The molecule has 2 aromatic rings. The summed E-state index contributed by atoms with van der Waals surface area (Å²) in [5.74, 6) is -1.38. The van der Waals surface area contributed by atoms with Gasteiger partial charge in [0.2, 0.25) is 0 Å². The van der Waals surface area contributed by atoms with Crippen molar-refractivity contribution < 1.29 is 19.4 Å². The summed E-state index contributed by atoms with van der Waals surface area (Å²) in [6.07, 6.45) is 0. The first-order chi connectivity index (χ1) is 9.88. The molecule has 1 N–H and O–H groups in total. The third-order valence-corrected chi connectivity index (χ3v) is 3.43. The highest BCUT2D eigenvalue weighted by Crippen LogP contribution is 2.31. The molecule has 1 aromatic carbocycles. The number of hydrogen-bond acceptors (Lipinski definition) is 4. The van der Waals surface area contributed by atoms with Crippen molar-refractivity contribution in [3.05, 3.63) is 29.5 Å². The second-order valence-corrected chi connectivity index (χ2v) is 5.19. The predicted molar refractivity (Wildman–Crippen MR) is 79.7 cm³/mol. The molecule has 0 atom stereocenters. The Morgan fingerprint density at radius 2 is 2.00 bits per heavy atom. The van der Waals surface area contributed by atoms with Gasteiger partial charge in [-0.3, -0.25) is 4.79 Å². The zero-order valence-corrected chi connectivity index (χ0v) is 12.6. The van der Waals surface area contributed by atoms with Gasteiger partial charge in [-0.15, -0.1) is 0 Å². The van der Waals surface area contributed by atoms with Crippen LogP contribution in [-0.4, -0.2) is 28.0 Å². The fourth-order valence-electron chi connectivity index (χ4n) is 2.57. The topological polar surface area (TPSA) is 68.5 Å². The molecule has 112 valence electrons. The largest absolute Gasteiger partial charge is 0.508 e. The summed E-state index contributed by atoms with van der Waals surface area (Å²) in [6, 6.07) is 4.89. The molecule has 5 heteroatoms. The van der Waals surface area contributed by atoms with Crippen LogP contribution in [-0.2, 0) is 9.53 Å². The fourth-order valence-corrected chi connectivity index (χ4v) is 2.57. The first-order valence-corrected chi connectivity index (χ1v) is 6.93. The highest BCUT2D eigenvalue weighted by atomic mass is 16.5. The van der Waals surface area contributed by atoms with Gasteiger partial charge < -0.3 is 14.4 Å². The number of carbonyl (C=O) groups is 2. The lowest BCUT2D eigenvalue weighted by Crippen LogP contribution is -2.22. The van der Waals surface area contributed by atoms with E-state index in [0.29, 0.717) is 5.69 Å². The number of Topliss-reactive ketones (excluding diaryl/α,β-unsaturated/α-hetero) is 1. The molecule has 0 radical (unpaired) electrons. The number of benzene rings is 1. The molecule has 0 unspecified atom stereocenters. The molecule has 0 fully saturated rings. The third kappa shape index (κ3) is 2.51. The van der Waals surface area contributed by atoms with Crippen LogP contribution in [0.2, 0.25) is 0 Å². The van der Waals surface area contributed by atoms with Gasteiger partial charge >= 0.3 is 5.97 Å². The van der Waals surface area contributed by atoms with Crippen LogP contribution in [0.4, 0.5) is 0 Å². The summed E-state index contributed by atoms with van der Waals surface area (Å²) in [6.45, 7) is 7.46. The standard InChI is InChI=1S/C16H19NO4/c1-5-21-16(20)15(19)14-10(4)12-7-6-11(18)8-13(12)17(14)9(2)3/h6-9,18H,5H2,1-4H3. The van der Waals surface area contributed by atoms with Crippen molar-refractivity contribution in [1.82, 2.24) is 4.57 Å². The van der Waals surface area contributed by atoms with E-state index in [1.165, 1.54) is 0 Å². The Hall–Kier alpha value is -2.30. The molecule has 1 heterocycles. The highest BCUT2D eigenvalue weighted by molar-refractivity contribution is 6.41. The van der Waals surface area contributed by atoms with E-state index >= 15 is 0 Å². The lowest BCUT2D eigenvalue weighted by Gasteiger charge is -2.14. The number of esters is 1. The average Bonchev–Trinajstić information content (AvgIpc) is 2.70. The van der Waals surface area contributed by atoms with Gasteiger partial charge in [0.05, 0.1) is 12.1 Å². The summed E-state index contributed by atoms with van der Waals surface area (Å²) in [5, 5.41) is 10.5. The molecule has 5 nitrogen and oxygen atoms in total. The minimum Gasteiger partial charge on any atom is -0.508 e. The number of fused-ring (bicyclic) bond motifs is 1. The van der Waals surface area contributed by atoms with Crippen LogP contribution in [0.5, 0.6) is 5.75 Å². The van der Waals surface area contributed by atoms with Gasteiger partial charge in [0.15, 0.2) is 0 Å². The Kier molecular flexibility index (Phi) is 4.02. The number of phenols is 1. The number of aromatic nitrogens is 1. The molecule has 0 saturated heterocycles. The first-order valence-electron chi connectivity index (χ1n) is 6.93. The fraction of sp³-hybridized carbons (Fsp3) is 0.375. The molecule has 0 saturated carbocycles. The number of ketones is 1. The Morgan fingerprint density at radius 1 is 1.33 bits per heavy atom. The molecular weight excluding hydrogens is 270 g/mol. The number of nitrogens with zero attached hydrogens (tertiary/aromatic N) is 1. The summed E-state index contributed by atoms with van der Waals surface area (Å²) < 4.78 is 6.58. The molecule has 0 aliphatic heterocycles. The van der Waals surface area contributed by atoms with Crippen LogP contribution >= 0.6 is 0 Å². The van der Waals surface area contributed by atoms with Gasteiger partial charge in [0.1, 0.15) is 11.4 Å². The Bertz CT molecular complexity index is 713. The van der Waals surface area contributed by atoms with Gasteiger partial charge in [-0.1, -0.05) is 0 Å². The molecule has 0 aliphatic rings. The summed E-state index contributed by atoms with van der Waals surface area (Å²) in [7, 11) is 0. The Morgan fingerprint density at radius 3 is 2.57 bits per heavy atom. The number of aryl methyl sites for hydroxylation is 1. The molecular formula is C16H19NO4. The molecule has 0 amide bonds. The SMILES string of the molecule is CCOC(=O)C(=O)c1c(C)c2ccc(O)cc2n1C(C)C. The number of phenolic OH excluding ortho intramolecular Hbond substituents is 1. The van der Waals surface area contributed by atoms with E-state index in [2.05, 4.69) is 0 Å². The predicted octanol–water partition coefficient (Wildman–Crippen LogP) is 2.98. The normalized spacial score (nSPS) is 11.1. The monoisotopic (exact) mass is 289 g/mol. The van der Waals surface area contributed by atoms with Crippen molar-refractivity contribution in [1.29, 1.82) is 0 Å². The number of rotatable bonds is 4. The lowest BCUT2D eigenvalue weighted by molar-refractivity contribution is -0.137. The maximum atomic E-state index is 12.4. The van der Waals surface area contributed by atoms with Gasteiger partial charge in [0.25, 0.3) is 5.78 Å². The number of ether oxygens (including phenoxy) is 1. The van der Waals surface area contributed by atoms with Crippen molar-refractivity contribution in [2.24, 2.45) is 0 Å². The highest BCUT2D eigenvalue weighted by Gasteiger charge is 2.27. The van der Waals surface area contributed by atoms with Crippen LogP contribution in [0.15, 0.2) is 18.2 Å². The van der Waals surface area contributed by atoms with Gasteiger partial charge in [-0.25, -0.2) is 4.79 Å². The minimum absolute atomic E-state index is 0.0311. The van der Waals surface area contributed by atoms with E-state index in [1.807, 2.05) is 13.8 Å². The van der Waals surface area contributed by atoms with E-state index in [0.717, 1.165) is 16.5 Å². The molecule has 0 spiro atoms. The van der Waals surface area contributed by atoms with Crippen LogP contribution in [0.1, 0.15) is 42.9 Å². The lowest BCUT2D eigenvalue weighted by atomic mass is 10.1. The van der Waals surface area contributed by atoms with Crippen molar-refractivity contribution in [3.8, 4) is 5.75 Å². The average molecular weight is 289 g/mol. The first kappa shape index (κ1) is 15.1. The second-order valence-electron chi connectivity index (χ2n) is 5.19. The van der Waals surface area contributed by atoms with Crippen LogP contribution in [0.25, 0.3) is 10.9 Å². The van der Waals surface area contributed by atoms with Gasteiger partial charge in [0, 0.05) is 17.5 Å². The van der Waals surface area contributed by atoms with E-state index in [-0.39, 0.29) is 18.4 Å². The molecule has 0 aliphatic carbocycles. The van der Waals surface area contributed by atoms with E-state index in [4.69, 9.17) is 4.74 Å². The molecule has 0 bridgehead atoms. The zero-order chi connectivity index (χ0) is 15.7. The Balaban J connectivity index is 2.73. The van der Waals surface area contributed by atoms with E-state index in [1.54, 1.807) is 36.6 Å². The van der Waals surface area contributed by atoms with Crippen LogP contribution in [0.3, 0.4) is 0 Å². The summed E-state index contributed by atoms with van der Waals surface area (Å²) in [5.41, 5.74) is 1.77. The van der Waals surface area contributed by atoms with Crippen molar-refractivity contribution in [3.63, 3.8) is 0 Å². The smallest absolute Gasteiger partial charge is 0.381 e. The van der Waals surface area contributed by atoms with Crippen LogP contribution < -0.4 is 0 Å². The number of carbonyl (C=O) groups excluding carboxylic acids is 2. The van der Waals surface area contributed by atoms with Crippen molar-refractivity contribution in [2.75, 3.05) is 6.61 Å². The van der Waals surface area contributed by atoms with Crippen LogP contribution in [0, 0.1) is 6.92 Å². The van der Waals surface area contributed by atoms with E-state index < -0.39 is 11.8 Å². The Labute approximate surface area is 123 Å².